The highest BCUT2D eigenvalue weighted by Crippen LogP contribution is 2.49. The molecule has 0 heterocycles. The topological polar surface area (TPSA) is 0 Å². The highest BCUT2D eigenvalue weighted by Gasteiger charge is 2.22. The van der Waals surface area contributed by atoms with E-state index in [1.807, 2.05) is 0 Å². The Balaban J connectivity index is 0.894. The van der Waals surface area contributed by atoms with Gasteiger partial charge in [-0.2, -0.15) is 0 Å². The molecule has 0 aromatic heterocycles. The summed E-state index contributed by atoms with van der Waals surface area (Å²) in [6, 6.07) is 121. The molecule has 0 N–H and O–H groups in total. The van der Waals surface area contributed by atoms with E-state index in [0.29, 0.717) is 0 Å². The van der Waals surface area contributed by atoms with Gasteiger partial charge in [0.25, 0.3) is 0 Å². The first-order valence-electron chi connectivity index (χ1n) is 28.4. The van der Waals surface area contributed by atoms with Crippen LogP contribution in [0.1, 0.15) is 0 Å². The van der Waals surface area contributed by atoms with Crippen molar-refractivity contribution >= 4 is 43.1 Å². The van der Waals surface area contributed by atoms with Crippen LogP contribution in [-0.4, -0.2) is 0 Å². The Kier molecular flexibility index (Phi) is 12.3. The van der Waals surface area contributed by atoms with Gasteiger partial charge in [-0.1, -0.05) is 285 Å². The van der Waals surface area contributed by atoms with Crippen LogP contribution in [0.3, 0.4) is 0 Å². The van der Waals surface area contributed by atoms with E-state index in [-0.39, 0.29) is 0 Å². The van der Waals surface area contributed by atoms with Crippen molar-refractivity contribution in [2.75, 3.05) is 0 Å². The largest absolute Gasteiger partial charge is 0.0622 e. The average molecular weight is 1040 g/mol. The van der Waals surface area contributed by atoms with Gasteiger partial charge in [0.05, 0.1) is 0 Å². The molecule has 0 spiro atoms. The lowest BCUT2D eigenvalue weighted by molar-refractivity contribution is 1.57. The third kappa shape index (κ3) is 8.85. The molecule has 0 radical (unpaired) electrons. The lowest BCUT2D eigenvalue weighted by Gasteiger charge is -2.21. The highest BCUT2D eigenvalue weighted by atomic mass is 14.2. The second-order valence-corrected chi connectivity index (χ2v) is 21.5. The van der Waals surface area contributed by atoms with Crippen molar-refractivity contribution < 1.29 is 0 Å². The Morgan fingerprint density at radius 3 is 0.622 bits per heavy atom. The molecule has 0 saturated carbocycles. The maximum absolute atomic E-state index is 2.46. The standard InChI is InChI=1S/C82H54/c1-6-22-55(23-7-1)65-48-66(56-24-8-2-9-25-56)51-69(50-65)81-75-36-20-21-37-76(75)82(70-52-67(57-26-10-3-11-27-57)49-68(53-70)58-28-12-4-13-29-58)78-54-64(46-47-77(78)81)61-40-38-59(39-41-61)60-42-44-63(45-43-60)80-73-34-18-16-32-71(73)79(62-30-14-5-15-31-62)72-33-17-19-35-74(72)80/h1-54H. The smallest absolute Gasteiger partial charge is 0.00257 e. The molecule has 15 aromatic rings. The Bertz CT molecular complexity index is 4660. The Morgan fingerprint density at radius 2 is 0.293 bits per heavy atom. The molecule has 15 aromatic carbocycles. The van der Waals surface area contributed by atoms with Crippen molar-refractivity contribution in [3.63, 3.8) is 0 Å². The number of fused-ring (bicyclic) bond motifs is 4. The quantitative estimate of drug-likeness (QED) is 0.120. The van der Waals surface area contributed by atoms with Crippen LogP contribution in [0.25, 0.3) is 154 Å². The summed E-state index contributed by atoms with van der Waals surface area (Å²) in [6.45, 7) is 0. The molecule has 0 aliphatic carbocycles. The first-order chi connectivity index (χ1) is 40.7. The number of benzene rings is 15. The molecule has 0 saturated heterocycles. The Labute approximate surface area is 479 Å². The molecular weight excluding hydrogens is 985 g/mol. The molecule has 0 unspecified atom stereocenters. The van der Waals surface area contributed by atoms with Gasteiger partial charge in [-0.25, -0.2) is 0 Å². The number of hydrogen-bond acceptors (Lipinski definition) is 0. The lowest BCUT2D eigenvalue weighted by Crippen LogP contribution is -1.94. The fraction of sp³-hybridized carbons (Fsp3) is 0. The fourth-order valence-corrected chi connectivity index (χ4v) is 12.8. The van der Waals surface area contributed by atoms with Gasteiger partial charge in [0.2, 0.25) is 0 Å². The predicted molar refractivity (Wildman–Crippen MR) is 351 cm³/mol. The molecule has 382 valence electrons. The summed E-state index contributed by atoms with van der Waals surface area (Å²) in [4.78, 5) is 0. The van der Waals surface area contributed by atoms with Crippen molar-refractivity contribution in [2.45, 2.75) is 0 Å². The van der Waals surface area contributed by atoms with Crippen molar-refractivity contribution in [3.8, 4) is 111 Å². The molecule has 15 rings (SSSR count). The minimum atomic E-state index is 1.17. The molecule has 0 heteroatoms. The predicted octanol–water partition coefficient (Wildman–Crippen LogP) is 23.0. The second-order valence-electron chi connectivity index (χ2n) is 21.5. The molecule has 0 atom stereocenters. The van der Waals surface area contributed by atoms with Crippen LogP contribution < -0.4 is 0 Å². The maximum atomic E-state index is 2.46. The van der Waals surface area contributed by atoms with Crippen molar-refractivity contribution in [1.29, 1.82) is 0 Å². The van der Waals surface area contributed by atoms with Gasteiger partial charge in [-0.05, 0) is 197 Å². The van der Waals surface area contributed by atoms with Gasteiger partial charge in [0.15, 0.2) is 0 Å². The fourth-order valence-electron chi connectivity index (χ4n) is 12.8. The second kappa shape index (κ2) is 20.9. The van der Waals surface area contributed by atoms with E-state index in [9.17, 15) is 0 Å². The van der Waals surface area contributed by atoms with E-state index in [0.717, 1.165) is 0 Å². The van der Waals surface area contributed by atoms with Gasteiger partial charge in [0.1, 0.15) is 0 Å². The zero-order valence-electron chi connectivity index (χ0n) is 45.2. The van der Waals surface area contributed by atoms with Crippen LogP contribution in [0.2, 0.25) is 0 Å². The normalized spacial score (nSPS) is 11.4. The molecule has 0 amide bonds. The molecule has 82 heavy (non-hydrogen) atoms. The first-order valence-corrected chi connectivity index (χ1v) is 28.4. The summed E-state index contributed by atoms with van der Waals surface area (Å²) in [5.74, 6) is 0. The van der Waals surface area contributed by atoms with Gasteiger partial charge in [-0.15, -0.1) is 0 Å². The lowest BCUT2D eigenvalue weighted by atomic mass is 9.82. The van der Waals surface area contributed by atoms with E-state index in [2.05, 4.69) is 328 Å². The third-order valence-corrected chi connectivity index (χ3v) is 16.6. The summed E-state index contributed by atoms with van der Waals surface area (Å²) in [6.07, 6.45) is 0. The van der Waals surface area contributed by atoms with Crippen molar-refractivity contribution in [2.24, 2.45) is 0 Å². The molecular formula is C82H54. The zero-order valence-corrected chi connectivity index (χ0v) is 45.2. The van der Waals surface area contributed by atoms with E-state index < -0.39 is 0 Å². The van der Waals surface area contributed by atoms with Crippen LogP contribution in [-0.2, 0) is 0 Å². The summed E-state index contributed by atoms with van der Waals surface area (Å²) in [5, 5.41) is 9.89. The van der Waals surface area contributed by atoms with Crippen LogP contribution in [0.4, 0.5) is 0 Å². The monoisotopic (exact) mass is 1040 g/mol. The summed E-state index contributed by atoms with van der Waals surface area (Å²) < 4.78 is 0. The zero-order chi connectivity index (χ0) is 54.3. The van der Waals surface area contributed by atoms with E-state index >= 15 is 0 Å². The van der Waals surface area contributed by atoms with Gasteiger partial charge >= 0.3 is 0 Å². The summed E-state index contributed by atoms with van der Waals surface area (Å²) in [5.41, 5.74) is 24.0. The van der Waals surface area contributed by atoms with Gasteiger partial charge in [-0.3, -0.25) is 0 Å². The molecule has 0 nitrogen and oxygen atoms in total. The Hall–Kier alpha value is -10.7. The Morgan fingerprint density at radius 1 is 0.0976 bits per heavy atom. The maximum Gasteiger partial charge on any atom is -0.00257 e. The molecule has 0 aliphatic rings. The van der Waals surface area contributed by atoms with Crippen LogP contribution >= 0.6 is 0 Å². The summed E-state index contributed by atoms with van der Waals surface area (Å²) >= 11 is 0. The van der Waals surface area contributed by atoms with Crippen LogP contribution in [0.5, 0.6) is 0 Å². The van der Waals surface area contributed by atoms with Gasteiger partial charge < -0.3 is 0 Å². The van der Waals surface area contributed by atoms with Crippen LogP contribution in [0, 0.1) is 0 Å². The number of hydrogen-bond donors (Lipinski definition) is 0. The van der Waals surface area contributed by atoms with Crippen LogP contribution in [0.15, 0.2) is 328 Å². The molecule has 0 bridgehead atoms. The van der Waals surface area contributed by atoms with Gasteiger partial charge in [0, 0.05) is 0 Å². The van der Waals surface area contributed by atoms with Crippen molar-refractivity contribution in [1.82, 2.24) is 0 Å². The SMILES string of the molecule is c1ccc(-c2cc(-c3ccccc3)cc(-c3c4ccccc4c(-c4cc(-c5ccccc5)cc(-c5ccccc5)c4)c4cc(-c5ccc(-c6ccc(-c7c8ccccc8c(-c8ccccc8)c8ccccc78)cc6)cc5)ccc34)c2)cc1. The van der Waals surface area contributed by atoms with Crippen molar-refractivity contribution in [3.05, 3.63) is 328 Å². The minimum absolute atomic E-state index is 1.17. The van der Waals surface area contributed by atoms with E-state index in [1.165, 1.54) is 154 Å². The van der Waals surface area contributed by atoms with E-state index in [1.54, 1.807) is 0 Å². The third-order valence-electron chi connectivity index (χ3n) is 16.6. The molecule has 0 fully saturated rings. The average Bonchev–Trinajstić information content (AvgIpc) is 3.70. The first kappa shape index (κ1) is 48.5. The molecule has 0 aliphatic heterocycles. The summed E-state index contributed by atoms with van der Waals surface area (Å²) in [7, 11) is 0. The minimum Gasteiger partial charge on any atom is -0.0622 e. The van der Waals surface area contributed by atoms with E-state index in [4.69, 9.17) is 0 Å². The highest BCUT2D eigenvalue weighted by molar-refractivity contribution is 6.23. The number of rotatable bonds is 10.